The number of aromatic nitrogens is 4. The number of hydrogen-bond acceptors (Lipinski definition) is 5. The Morgan fingerprint density at radius 2 is 1.79 bits per heavy atom. The predicted octanol–water partition coefficient (Wildman–Crippen LogP) is 5.15. The zero-order valence-electron chi connectivity index (χ0n) is 17.4. The Labute approximate surface area is 185 Å². The van der Waals surface area contributed by atoms with E-state index in [1.54, 1.807) is 35.8 Å². The van der Waals surface area contributed by atoms with Crippen LogP contribution in [0.4, 0.5) is 13.2 Å². The van der Waals surface area contributed by atoms with Gasteiger partial charge in [0.15, 0.2) is 5.82 Å². The first-order valence-electron chi connectivity index (χ1n) is 9.86. The van der Waals surface area contributed by atoms with E-state index in [9.17, 15) is 18.0 Å². The molecule has 0 spiro atoms. The number of hydrogen-bond donors (Lipinski definition) is 0. The highest BCUT2D eigenvalue weighted by atomic mass is 19.2. The predicted molar refractivity (Wildman–Crippen MR) is 116 cm³/mol. The first-order valence-corrected chi connectivity index (χ1v) is 9.86. The van der Waals surface area contributed by atoms with Crippen LogP contribution in [0.25, 0.3) is 38.8 Å². The molecule has 0 saturated heterocycles. The average molecular weight is 448 g/mol. The minimum absolute atomic E-state index is 0.0769. The quantitative estimate of drug-likeness (QED) is 0.282. The lowest BCUT2D eigenvalue weighted by molar-refractivity contribution is 0.0603. The van der Waals surface area contributed by atoms with Crippen molar-refractivity contribution in [2.45, 2.75) is 6.92 Å². The van der Waals surface area contributed by atoms with Gasteiger partial charge in [-0.05, 0) is 42.8 Å². The average Bonchev–Trinajstić information content (AvgIpc) is 3.15. The highest BCUT2D eigenvalue weighted by molar-refractivity contribution is 6.05. The summed E-state index contributed by atoms with van der Waals surface area (Å²) < 4.78 is 49.4. The van der Waals surface area contributed by atoms with E-state index in [1.165, 1.54) is 31.5 Å². The normalized spacial score (nSPS) is 11.3. The molecule has 0 fully saturated rings. The number of imidazole rings is 1. The van der Waals surface area contributed by atoms with Crippen molar-refractivity contribution in [2.75, 3.05) is 7.11 Å². The molecule has 0 aliphatic rings. The maximum Gasteiger partial charge on any atom is 0.340 e. The van der Waals surface area contributed by atoms with Crippen LogP contribution in [0.1, 0.15) is 16.2 Å². The van der Waals surface area contributed by atoms with E-state index < -0.39 is 23.6 Å². The molecule has 0 unspecified atom stereocenters. The maximum absolute atomic E-state index is 14.6. The summed E-state index contributed by atoms with van der Waals surface area (Å²) in [5.74, 6) is -3.08. The summed E-state index contributed by atoms with van der Waals surface area (Å²) in [6.45, 7) is 1.72. The van der Waals surface area contributed by atoms with Gasteiger partial charge in [-0.25, -0.2) is 23.5 Å². The lowest BCUT2D eigenvalue weighted by atomic mass is 10.0. The van der Waals surface area contributed by atoms with Gasteiger partial charge in [-0.15, -0.1) is 0 Å². The number of rotatable bonds is 3. The van der Waals surface area contributed by atoms with Crippen LogP contribution < -0.4 is 0 Å². The van der Waals surface area contributed by atoms with Crippen molar-refractivity contribution in [3.05, 3.63) is 83.8 Å². The van der Waals surface area contributed by atoms with Crippen molar-refractivity contribution in [1.29, 1.82) is 0 Å². The SMILES string of the molecule is COC(=O)c1cc(-c2ccnc(F)c2F)cc2c1nc(C)n2-c1ccnc2c(F)cccc12. The van der Waals surface area contributed by atoms with Gasteiger partial charge in [0.25, 0.3) is 0 Å². The number of methoxy groups -OCH3 is 1. The van der Waals surface area contributed by atoms with Gasteiger partial charge in [0.05, 0.1) is 23.9 Å². The van der Waals surface area contributed by atoms with Crippen LogP contribution >= 0.6 is 0 Å². The number of nitrogens with zero attached hydrogens (tertiary/aromatic N) is 4. The molecule has 164 valence electrons. The number of halogens is 3. The molecule has 0 saturated carbocycles. The highest BCUT2D eigenvalue weighted by Gasteiger charge is 2.22. The minimum Gasteiger partial charge on any atom is -0.465 e. The fourth-order valence-corrected chi connectivity index (χ4v) is 3.98. The summed E-state index contributed by atoms with van der Waals surface area (Å²) in [5.41, 5.74) is 1.70. The Balaban J connectivity index is 1.89. The molecule has 6 nitrogen and oxygen atoms in total. The second-order valence-electron chi connectivity index (χ2n) is 7.31. The van der Waals surface area contributed by atoms with Gasteiger partial charge in [0.1, 0.15) is 22.7 Å². The molecule has 3 aromatic heterocycles. The van der Waals surface area contributed by atoms with Crippen LogP contribution in [0.2, 0.25) is 0 Å². The fraction of sp³-hybridized carbons (Fsp3) is 0.0833. The fourth-order valence-electron chi connectivity index (χ4n) is 3.98. The van der Waals surface area contributed by atoms with Gasteiger partial charge in [-0.3, -0.25) is 9.55 Å². The Morgan fingerprint density at radius 1 is 1.00 bits per heavy atom. The molecular formula is C24H15F3N4O2. The van der Waals surface area contributed by atoms with Crippen LogP contribution in [0, 0.1) is 24.5 Å². The molecule has 0 aliphatic carbocycles. The van der Waals surface area contributed by atoms with Gasteiger partial charge in [0, 0.05) is 23.3 Å². The van der Waals surface area contributed by atoms with Crippen molar-refractivity contribution in [3.63, 3.8) is 0 Å². The maximum atomic E-state index is 14.6. The molecule has 5 aromatic rings. The highest BCUT2D eigenvalue weighted by Crippen LogP contribution is 2.34. The lowest BCUT2D eigenvalue weighted by Gasteiger charge is -2.12. The molecule has 0 atom stereocenters. The summed E-state index contributed by atoms with van der Waals surface area (Å²) in [4.78, 5) is 24.5. The topological polar surface area (TPSA) is 69.9 Å². The third kappa shape index (κ3) is 3.20. The van der Waals surface area contributed by atoms with Crippen LogP contribution in [-0.4, -0.2) is 32.6 Å². The molecule has 9 heteroatoms. The van der Waals surface area contributed by atoms with Crippen LogP contribution in [0.5, 0.6) is 0 Å². The van der Waals surface area contributed by atoms with Crippen molar-refractivity contribution in [2.24, 2.45) is 0 Å². The number of aryl methyl sites for hydroxylation is 1. The molecule has 2 aromatic carbocycles. The van der Waals surface area contributed by atoms with Gasteiger partial charge in [-0.2, -0.15) is 4.39 Å². The van der Waals surface area contributed by atoms with Crippen molar-refractivity contribution >= 4 is 27.9 Å². The number of pyridine rings is 2. The Bertz CT molecular complexity index is 1580. The Hall–Kier alpha value is -4.27. The largest absolute Gasteiger partial charge is 0.465 e. The summed E-state index contributed by atoms with van der Waals surface area (Å²) in [7, 11) is 1.22. The minimum atomic E-state index is -1.26. The van der Waals surface area contributed by atoms with Gasteiger partial charge in [-0.1, -0.05) is 12.1 Å². The van der Waals surface area contributed by atoms with Crippen LogP contribution in [0.15, 0.2) is 54.9 Å². The van der Waals surface area contributed by atoms with E-state index in [1.807, 2.05) is 0 Å². The molecule has 0 amide bonds. The molecular weight excluding hydrogens is 433 g/mol. The first kappa shape index (κ1) is 20.6. The first-order chi connectivity index (χ1) is 15.9. The molecule has 0 bridgehead atoms. The molecule has 0 N–H and O–H groups in total. The van der Waals surface area contributed by atoms with Gasteiger partial charge < -0.3 is 4.74 Å². The van der Waals surface area contributed by atoms with E-state index in [2.05, 4.69) is 15.0 Å². The zero-order chi connectivity index (χ0) is 23.3. The Morgan fingerprint density at radius 3 is 2.58 bits per heavy atom. The molecule has 0 radical (unpaired) electrons. The van der Waals surface area contributed by atoms with E-state index >= 15 is 0 Å². The monoisotopic (exact) mass is 448 g/mol. The summed E-state index contributed by atoms with van der Waals surface area (Å²) >= 11 is 0. The summed E-state index contributed by atoms with van der Waals surface area (Å²) in [6, 6.07) is 10.6. The third-order valence-corrected chi connectivity index (χ3v) is 5.43. The number of carbonyl (C=O) groups excluding carboxylic acids is 1. The van der Waals surface area contributed by atoms with Gasteiger partial charge >= 0.3 is 5.97 Å². The van der Waals surface area contributed by atoms with Crippen LogP contribution in [-0.2, 0) is 4.74 Å². The van der Waals surface area contributed by atoms with Crippen LogP contribution in [0.3, 0.4) is 0 Å². The summed E-state index contributed by atoms with van der Waals surface area (Å²) in [6.07, 6.45) is 2.60. The number of para-hydroxylation sites is 1. The van der Waals surface area contributed by atoms with E-state index in [4.69, 9.17) is 4.74 Å². The third-order valence-electron chi connectivity index (χ3n) is 5.43. The molecule has 33 heavy (non-hydrogen) atoms. The number of fused-ring (bicyclic) bond motifs is 2. The van der Waals surface area contributed by atoms with Gasteiger partial charge in [0.2, 0.25) is 5.95 Å². The molecule has 3 heterocycles. The number of benzene rings is 2. The van der Waals surface area contributed by atoms with E-state index in [-0.39, 0.29) is 22.2 Å². The standard InChI is InChI=1S/C24H15F3N4O2/c1-12-30-22-16(24(32)33-2)10-13(14-6-8-29-23(27)20(14)26)11-19(22)31(12)18-7-9-28-21-15(18)4-3-5-17(21)25/h3-11H,1-2H3. The molecule has 0 aliphatic heterocycles. The van der Waals surface area contributed by atoms with E-state index in [0.29, 0.717) is 27.9 Å². The van der Waals surface area contributed by atoms with Crippen molar-refractivity contribution < 1.29 is 22.7 Å². The zero-order valence-corrected chi connectivity index (χ0v) is 17.4. The lowest BCUT2D eigenvalue weighted by Crippen LogP contribution is -2.04. The number of ether oxygens (including phenoxy) is 1. The number of esters is 1. The second kappa shape index (κ2) is 7.70. The van der Waals surface area contributed by atoms with E-state index in [0.717, 1.165) is 6.20 Å². The second-order valence-corrected chi connectivity index (χ2v) is 7.31. The summed E-state index contributed by atoms with van der Waals surface area (Å²) in [5, 5.41) is 0.519. The Kier molecular flexibility index (Phi) is 4.81. The number of carbonyl (C=O) groups is 1. The van der Waals surface area contributed by atoms with Crippen molar-refractivity contribution in [3.8, 4) is 16.8 Å². The molecule has 5 rings (SSSR count). The van der Waals surface area contributed by atoms with Crippen molar-refractivity contribution in [1.82, 2.24) is 19.5 Å². The smallest absolute Gasteiger partial charge is 0.340 e.